The second-order valence-corrected chi connectivity index (χ2v) is 10.7. The van der Waals surface area contributed by atoms with Crippen LogP contribution >= 0.6 is 22.9 Å². The van der Waals surface area contributed by atoms with Crippen LogP contribution in [0.5, 0.6) is 0 Å². The molecule has 4 rings (SSSR count). The van der Waals surface area contributed by atoms with E-state index in [1.165, 1.54) is 21.0 Å². The Balaban J connectivity index is 1.67. The molecule has 0 saturated heterocycles. The first kappa shape index (κ1) is 25.6. The summed E-state index contributed by atoms with van der Waals surface area (Å²) in [5, 5.41) is 17.7. The van der Waals surface area contributed by atoms with Gasteiger partial charge in [0.05, 0.1) is 0 Å². The number of aromatic nitrogens is 4. The lowest BCUT2D eigenvalue weighted by atomic mass is 10.1. The Kier molecular flexibility index (Phi) is 7.56. The maximum atomic E-state index is 13.7. The van der Waals surface area contributed by atoms with E-state index in [0.29, 0.717) is 16.5 Å². The molecule has 1 atom stereocenters. The minimum absolute atomic E-state index is 0.123. The van der Waals surface area contributed by atoms with E-state index in [9.17, 15) is 9.59 Å². The molecule has 0 aliphatic heterocycles. The smallest absolute Gasteiger partial charge is 0.248 e. The lowest BCUT2D eigenvalue weighted by Gasteiger charge is -2.33. The van der Waals surface area contributed by atoms with Crippen molar-refractivity contribution in [1.82, 2.24) is 30.4 Å². The Morgan fingerprint density at radius 3 is 2.58 bits per heavy atom. The van der Waals surface area contributed by atoms with E-state index in [-0.39, 0.29) is 30.7 Å². The number of thiophene rings is 1. The Bertz CT molecular complexity index is 1340. The van der Waals surface area contributed by atoms with Gasteiger partial charge in [0.2, 0.25) is 17.6 Å². The molecule has 3 aromatic heterocycles. The molecule has 3 heterocycles. The predicted molar refractivity (Wildman–Crippen MR) is 137 cm³/mol. The van der Waals surface area contributed by atoms with E-state index >= 15 is 0 Å². The van der Waals surface area contributed by atoms with Crippen molar-refractivity contribution in [2.24, 2.45) is 0 Å². The average Bonchev–Trinajstić information content (AvgIpc) is 3.56. The zero-order chi connectivity index (χ0) is 25.9. The van der Waals surface area contributed by atoms with Gasteiger partial charge in [-0.3, -0.25) is 9.59 Å². The number of furan rings is 1. The molecule has 1 N–H and O–H groups in total. The molecule has 36 heavy (non-hydrogen) atoms. The van der Waals surface area contributed by atoms with Gasteiger partial charge >= 0.3 is 0 Å². The van der Waals surface area contributed by atoms with Crippen molar-refractivity contribution >= 4 is 34.8 Å². The minimum atomic E-state index is -0.872. The van der Waals surface area contributed by atoms with Crippen molar-refractivity contribution in [3.8, 4) is 11.6 Å². The van der Waals surface area contributed by atoms with Gasteiger partial charge in [-0.15, -0.1) is 21.5 Å². The molecule has 2 amide bonds. The van der Waals surface area contributed by atoms with Gasteiger partial charge in [-0.1, -0.05) is 35.9 Å². The summed E-state index contributed by atoms with van der Waals surface area (Å²) in [6.07, 6.45) is 0. The van der Waals surface area contributed by atoms with Crippen LogP contribution in [-0.2, 0) is 22.7 Å². The highest BCUT2D eigenvalue weighted by Crippen LogP contribution is 2.30. The normalized spacial score (nSPS) is 12.4. The number of halogens is 1. The number of hydrogen-bond acceptors (Lipinski definition) is 7. The number of amides is 2. The zero-order valence-electron chi connectivity index (χ0n) is 20.4. The highest BCUT2D eigenvalue weighted by atomic mass is 35.5. The van der Waals surface area contributed by atoms with Gasteiger partial charge in [0.15, 0.2) is 5.76 Å². The van der Waals surface area contributed by atoms with E-state index in [4.69, 9.17) is 16.0 Å². The van der Waals surface area contributed by atoms with Gasteiger partial charge in [0.1, 0.15) is 18.3 Å². The molecule has 11 heteroatoms. The largest absolute Gasteiger partial charge is 0.458 e. The highest BCUT2D eigenvalue weighted by Gasteiger charge is 2.34. The maximum Gasteiger partial charge on any atom is 0.248 e. The molecule has 9 nitrogen and oxygen atoms in total. The Labute approximate surface area is 218 Å². The van der Waals surface area contributed by atoms with Gasteiger partial charge < -0.3 is 14.6 Å². The third-order valence-electron chi connectivity index (χ3n) is 5.18. The molecular weight excluding hydrogens is 500 g/mol. The second-order valence-electron chi connectivity index (χ2n) is 9.32. The van der Waals surface area contributed by atoms with Crippen LogP contribution in [0.15, 0.2) is 58.3 Å². The molecule has 0 aliphatic rings. The van der Waals surface area contributed by atoms with E-state index < -0.39 is 11.6 Å². The highest BCUT2D eigenvalue weighted by molar-refractivity contribution is 7.10. The van der Waals surface area contributed by atoms with E-state index in [0.717, 1.165) is 10.4 Å². The summed E-state index contributed by atoms with van der Waals surface area (Å²) in [4.78, 5) is 30.7. The Hall–Kier alpha value is -3.50. The summed E-state index contributed by atoms with van der Waals surface area (Å²) < 4.78 is 5.55. The first-order chi connectivity index (χ1) is 17.1. The van der Waals surface area contributed by atoms with Crippen molar-refractivity contribution in [2.75, 3.05) is 0 Å². The van der Waals surface area contributed by atoms with Crippen LogP contribution in [0.1, 0.15) is 43.0 Å². The molecule has 4 aromatic rings. The minimum Gasteiger partial charge on any atom is -0.458 e. The second kappa shape index (κ2) is 10.6. The Morgan fingerprint density at radius 1 is 1.17 bits per heavy atom. The summed E-state index contributed by atoms with van der Waals surface area (Å²) in [6.45, 7) is 7.41. The molecular formula is C25H27ClN6O3S. The first-order valence-corrected chi connectivity index (χ1v) is 12.6. The van der Waals surface area contributed by atoms with Crippen LogP contribution in [0, 0.1) is 6.92 Å². The standard InChI is InChI=1S/C25H27ClN6O3S/c1-16-11-12-19(35-16)23-28-30-32(29-23)15-21(33)31(14-17-8-5-6-9-18(17)26)22(20-10-7-13-36-20)24(34)27-25(2,3)4/h5-13,22H,14-15H2,1-4H3,(H,27,34)/t22-/m1/s1. The summed E-state index contributed by atoms with van der Waals surface area (Å²) in [5.41, 5.74) is 0.228. The van der Waals surface area contributed by atoms with Crippen molar-refractivity contribution in [3.05, 3.63) is 75.1 Å². The SMILES string of the molecule is Cc1ccc(-c2nnn(CC(=O)N(Cc3ccccc3Cl)[C@@H](C(=O)NC(C)(C)C)c3cccs3)n2)o1. The maximum absolute atomic E-state index is 13.7. The number of aryl methyl sites for hydroxylation is 1. The number of nitrogens with one attached hydrogen (secondary N) is 1. The summed E-state index contributed by atoms with van der Waals surface area (Å²) in [7, 11) is 0. The van der Waals surface area contributed by atoms with E-state index in [2.05, 4.69) is 20.7 Å². The fourth-order valence-electron chi connectivity index (χ4n) is 3.62. The lowest BCUT2D eigenvalue weighted by Crippen LogP contribution is -2.49. The Morgan fingerprint density at radius 2 is 1.94 bits per heavy atom. The average molecular weight is 527 g/mol. The zero-order valence-corrected chi connectivity index (χ0v) is 22.0. The number of carbonyl (C=O) groups excluding carboxylic acids is 2. The van der Waals surface area contributed by atoms with Crippen molar-refractivity contribution in [1.29, 1.82) is 0 Å². The predicted octanol–water partition coefficient (Wildman–Crippen LogP) is 4.64. The number of benzene rings is 1. The lowest BCUT2D eigenvalue weighted by molar-refractivity contribution is -0.143. The van der Waals surface area contributed by atoms with Gasteiger partial charge in [-0.05, 0) is 68.1 Å². The van der Waals surface area contributed by atoms with Gasteiger partial charge in [0, 0.05) is 22.0 Å². The van der Waals surface area contributed by atoms with Crippen LogP contribution in [-0.4, -0.2) is 42.5 Å². The quantitative estimate of drug-likeness (QED) is 0.358. The number of nitrogens with zero attached hydrogens (tertiary/aromatic N) is 5. The third-order valence-corrected chi connectivity index (χ3v) is 6.47. The van der Waals surface area contributed by atoms with Crippen LogP contribution in [0.25, 0.3) is 11.6 Å². The first-order valence-electron chi connectivity index (χ1n) is 11.3. The van der Waals surface area contributed by atoms with Gasteiger partial charge in [-0.25, -0.2) is 0 Å². The summed E-state index contributed by atoms with van der Waals surface area (Å²) in [5.74, 6) is 0.793. The van der Waals surface area contributed by atoms with Crippen LogP contribution in [0.2, 0.25) is 5.02 Å². The number of hydrogen-bond donors (Lipinski definition) is 1. The van der Waals surface area contributed by atoms with Crippen molar-refractivity contribution in [3.63, 3.8) is 0 Å². The number of carbonyl (C=O) groups is 2. The molecule has 0 unspecified atom stereocenters. The third kappa shape index (κ3) is 6.19. The van der Waals surface area contributed by atoms with Gasteiger partial charge in [0.25, 0.3) is 0 Å². The number of tetrazole rings is 1. The molecule has 0 bridgehead atoms. The molecule has 0 fully saturated rings. The molecule has 0 aliphatic carbocycles. The van der Waals surface area contributed by atoms with Crippen LogP contribution < -0.4 is 5.32 Å². The van der Waals surface area contributed by atoms with Gasteiger partial charge in [-0.2, -0.15) is 4.80 Å². The number of rotatable bonds is 8. The molecule has 0 radical (unpaired) electrons. The molecule has 0 saturated carbocycles. The molecule has 188 valence electrons. The van der Waals surface area contributed by atoms with Crippen LogP contribution in [0.3, 0.4) is 0 Å². The fourth-order valence-corrected chi connectivity index (χ4v) is 4.65. The summed E-state index contributed by atoms with van der Waals surface area (Å²) >= 11 is 7.84. The topological polar surface area (TPSA) is 106 Å². The van der Waals surface area contributed by atoms with Crippen LogP contribution in [0.4, 0.5) is 0 Å². The monoisotopic (exact) mass is 526 g/mol. The van der Waals surface area contributed by atoms with Crippen molar-refractivity contribution < 1.29 is 14.0 Å². The summed E-state index contributed by atoms with van der Waals surface area (Å²) in [6, 6.07) is 13.6. The van der Waals surface area contributed by atoms with Crippen molar-refractivity contribution in [2.45, 2.75) is 52.4 Å². The fraction of sp³-hybridized carbons (Fsp3) is 0.320. The van der Waals surface area contributed by atoms with E-state index in [1.54, 1.807) is 18.2 Å². The molecule has 1 aromatic carbocycles. The molecule has 0 spiro atoms. The van der Waals surface area contributed by atoms with E-state index in [1.807, 2.05) is 63.4 Å².